The van der Waals surface area contributed by atoms with E-state index in [9.17, 15) is 8.42 Å². The number of nitriles is 1. The van der Waals surface area contributed by atoms with Crippen molar-refractivity contribution < 1.29 is 8.42 Å². The fraction of sp³-hybridized carbons (Fsp3) is 0.462. The van der Waals surface area contributed by atoms with E-state index in [4.69, 9.17) is 16.9 Å². The van der Waals surface area contributed by atoms with Crippen LogP contribution in [0.3, 0.4) is 0 Å². The van der Waals surface area contributed by atoms with E-state index in [2.05, 4.69) is 11.6 Å². The Bertz CT molecular complexity index is 631. The van der Waals surface area contributed by atoms with Crippen LogP contribution in [0.25, 0.3) is 0 Å². The van der Waals surface area contributed by atoms with E-state index in [0.29, 0.717) is 6.54 Å². The second-order valence-electron chi connectivity index (χ2n) is 5.24. The summed E-state index contributed by atoms with van der Waals surface area (Å²) >= 11 is 5.85. The molecule has 0 radical (unpaired) electrons. The van der Waals surface area contributed by atoms with Crippen LogP contribution in [-0.2, 0) is 10.0 Å². The molecule has 1 N–H and O–H groups in total. The summed E-state index contributed by atoms with van der Waals surface area (Å²) in [5, 5.41) is 8.92. The first-order valence-corrected chi connectivity index (χ1v) is 7.92. The van der Waals surface area contributed by atoms with Crippen molar-refractivity contribution in [2.24, 2.45) is 5.41 Å². The molecule has 1 aromatic rings. The van der Waals surface area contributed by atoms with Gasteiger partial charge in [0.25, 0.3) is 0 Å². The number of nitrogens with one attached hydrogen (secondary N) is 1. The van der Waals surface area contributed by atoms with Gasteiger partial charge in [-0.05, 0) is 36.5 Å². The predicted molar refractivity (Wildman–Crippen MR) is 73.3 cm³/mol. The standard InChI is InChI=1S/C13H15ClN2O2S/c1-13(5-2-6-13)9-16-19(17,18)11-4-3-10(8-15)12(14)7-11/h3-4,7,16H,2,5-6,9H2,1H3. The zero-order valence-electron chi connectivity index (χ0n) is 10.6. The Balaban J connectivity index is 2.15. The smallest absolute Gasteiger partial charge is 0.211 e. The number of nitrogens with zero attached hydrogens (tertiary/aromatic N) is 1. The van der Waals surface area contributed by atoms with Crippen molar-refractivity contribution in [3.63, 3.8) is 0 Å². The molecule has 6 heteroatoms. The van der Waals surface area contributed by atoms with Crippen LogP contribution in [0.1, 0.15) is 31.7 Å². The minimum atomic E-state index is -3.56. The summed E-state index contributed by atoms with van der Waals surface area (Å²) in [5.74, 6) is 0. The maximum Gasteiger partial charge on any atom is 0.240 e. The maximum atomic E-state index is 12.1. The molecular weight excluding hydrogens is 284 g/mol. The van der Waals surface area contributed by atoms with E-state index in [1.54, 1.807) is 0 Å². The fourth-order valence-corrected chi connectivity index (χ4v) is 3.58. The van der Waals surface area contributed by atoms with Gasteiger partial charge in [-0.3, -0.25) is 0 Å². The van der Waals surface area contributed by atoms with Gasteiger partial charge in [0, 0.05) is 6.54 Å². The molecule has 0 bridgehead atoms. The van der Waals surface area contributed by atoms with Crippen LogP contribution in [0.5, 0.6) is 0 Å². The van der Waals surface area contributed by atoms with Gasteiger partial charge >= 0.3 is 0 Å². The average molecular weight is 299 g/mol. The summed E-state index contributed by atoms with van der Waals surface area (Å²) in [6, 6.07) is 6.03. The Labute approximate surface area is 118 Å². The van der Waals surface area contributed by atoms with Gasteiger partial charge in [0.15, 0.2) is 0 Å². The average Bonchev–Trinajstić information content (AvgIpc) is 2.34. The lowest BCUT2D eigenvalue weighted by atomic mass is 9.71. The molecule has 0 aromatic heterocycles. The van der Waals surface area contributed by atoms with E-state index in [1.165, 1.54) is 18.2 Å². The molecule has 4 nitrogen and oxygen atoms in total. The first kappa shape index (κ1) is 14.3. The van der Waals surface area contributed by atoms with E-state index in [0.717, 1.165) is 19.3 Å². The number of sulfonamides is 1. The first-order chi connectivity index (χ1) is 8.86. The van der Waals surface area contributed by atoms with Crippen LogP contribution in [0.4, 0.5) is 0 Å². The number of benzene rings is 1. The highest BCUT2D eigenvalue weighted by Gasteiger charge is 2.33. The Morgan fingerprint density at radius 1 is 1.47 bits per heavy atom. The van der Waals surface area contributed by atoms with Crippen LogP contribution in [0.2, 0.25) is 5.02 Å². The van der Waals surface area contributed by atoms with Gasteiger partial charge in [0.05, 0.1) is 15.5 Å². The van der Waals surface area contributed by atoms with Crippen molar-refractivity contribution in [1.29, 1.82) is 5.26 Å². The Hall–Kier alpha value is -1.09. The van der Waals surface area contributed by atoms with Crippen molar-refractivity contribution in [2.45, 2.75) is 31.1 Å². The van der Waals surface area contributed by atoms with E-state index in [-0.39, 0.29) is 20.9 Å². The molecule has 0 amide bonds. The minimum Gasteiger partial charge on any atom is -0.211 e. The maximum absolute atomic E-state index is 12.1. The first-order valence-electron chi connectivity index (χ1n) is 6.06. The third kappa shape index (κ3) is 3.08. The SMILES string of the molecule is CC1(CNS(=O)(=O)c2ccc(C#N)c(Cl)c2)CCC1. The molecule has 1 saturated carbocycles. The van der Waals surface area contributed by atoms with Crippen LogP contribution in [0, 0.1) is 16.7 Å². The molecule has 0 aliphatic heterocycles. The molecule has 0 saturated heterocycles. The summed E-state index contributed by atoms with van der Waals surface area (Å²) < 4.78 is 26.8. The van der Waals surface area contributed by atoms with E-state index in [1.807, 2.05) is 6.07 Å². The molecule has 19 heavy (non-hydrogen) atoms. The number of hydrogen-bond acceptors (Lipinski definition) is 3. The largest absolute Gasteiger partial charge is 0.240 e. The second kappa shape index (κ2) is 5.12. The monoisotopic (exact) mass is 298 g/mol. The van der Waals surface area contributed by atoms with Gasteiger partial charge in [-0.15, -0.1) is 0 Å². The van der Waals surface area contributed by atoms with Crippen LogP contribution < -0.4 is 4.72 Å². The lowest BCUT2D eigenvalue weighted by Gasteiger charge is -2.38. The number of rotatable bonds is 4. The quantitative estimate of drug-likeness (QED) is 0.929. The van der Waals surface area contributed by atoms with Crippen molar-refractivity contribution >= 4 is 21.6 Å². The molecule has 0 unspecified atom stereocenters. The Morgan fingerprint density at radius 3 is 2.63 bits per heavy atom. The lowest BCUT2D eigenvalue weighted by molar-refractivity contribution is 0.166. The minimum absolute atomic E-state index is 0.0729. The highest BCUT2D eigenvalue weighted by atomic mass is 35.5. The molecule has 0 heterocycles. The van der Waals surface area contributed by atoms with Crippen LogP contribution >= 0.6 is 11.6 Å². The molecule has 1 aromatic carbocycles. The number of halogens is 1. The van der Waals surface area contributed by atoms with Crippen LogP contribution in [-0.4, -0.2) is 15.0 Å². The molecule has 0 atom stereocenters. The van der Waals surface area contributed by atoms with Gasteiger partial charge in [-0.2, -0.15) is 5.26 Å². The zero-order valence-corrected chi connectivity index (χ0v) is 12.2. The van der Waals surface area contributed by atoms with Gasteiger partial charge < -0.3 is 0 Å². The molecular formula is C13H15ClN2O2S. The molecule has 2 rings (SSSR count). The molecule has 1 fully saturated rings. The second-order valence-corrected chi connectivity index (χ2v) is 7.42. The highest BCUT2D eigenvalue weighted by Crippen LogP contribution is 2.39. The summed E-state index contributed by atoms with van der Waals surface area (Å²) in [6.07, 6.45) is 3.24. The zero-order chi connectivity index (χ0) is 14.1. The third-order valence-corrected chi connectivity index (χ3v) is 5.33. The predicted octanol–water partition coefficient (Wildman–Crippen LogP) is 2.68. The molecule has 102 valence electrons. The Morgan fingerprint density at radius 2 is 2.16 bits per heavy atom. The number of hydrogen-bond donors (Lipinski definition) is 1. The summed E-state index contributed by atoms with van der Waals surface area (Å²) in [7, 11) is -3.56. The van der Waals surface area contributed by atoms with Gasteiger partial charge in [0.1, 0.15) is 6.07 Å². The third-order valence-electron chi connectivity index (χ3n) is 3.62. The van der Waals surface area contributed by atoms with Gasteiger partial charge in [0.2, 0.25) is 10.0 Å². The van der Waals surface area contributed by atoms with Crippen molar-refractivity contribution in [2.75, 3.05) is 6.54 Å². The molecule has 1 aliphatic carbocycles. The summed E-state index contributed by atoms with van der Waals surface area (Å²) in [6.45, 7) is 2.51. The van der Waals surface area contributed by atoms with E-state index < -0.39 is 10.0 Å². The topological polar surface area (TPSA) is 70.0 Å². The van der Waals surface area contributed by atoms with Crippen molar-refractivity contribution in [1.82, 2.24) is 4.72 Å². The van der Waals surface area contributed by atoms with Gasteiger partial charge in [-0.25, -0.2) is 13.1 Å². The van der Waals surface area contributed by atoms with Gasteiger partial charge in [-0.1, -0.05) is 24.9 Å². The normalized spacial score (nSPS) is 17.5. The van der Waals surface area contributed by atoms with Crippen molar-refractivity contribution in [3.05, 3.63) is 28.8 Å². The molecule has 1 aliphatic rings. The Kier molecular flexibility index (Phi) is 3.86. The highest BCUT2D eigenvalue weighted by molar-refractivity contribution is 7.89. The molecule has 0 spiro atoms. The summed E-state index contributed by atoms with van der Waals surface area (Å²) in [4.78, 5) is 0.0967. The summed E-state index contributed by atoms with van der Waals surface area (Å²) in [5.41, 5.74) is 0.343. The van der Waals surface area contributed by atoms with Crippen LogP contribution in [0.15, 0.2) is 23.1 Å². The lowest BCUT2D eigenvalue weighted by Crippen LogP contribution is -2.39. The fourth-order valence-electron chi connectivity index (χ4n) is 2.06. The van der Waals surface area contributed by atoms with Crippen molar-refractivity contribution in [3.8, 4) is 6.07 Å². The van der Waals surface area contributed by atoms with E-state index >= 15 is 0 Å².